The molecule has 3 atom stereocenters. The fourth-order valence-corrected chi connectivity index (χ4v) is 6.96. The van der Waals surface area contributed by atoms with Crippen molar-refractivity contribution in [1.82, 2.24) is 20.5 Å². The number of aromatic hydroxyl groups is 1. The topological polar surface area (TPSA) is 136 Å². The summed E-state index contributed by atoms with van der Waals surface area (Å²) in [6.07, 6.45) is 4.41. The number of nitrogens with zero attached hydrogens (tertiary/aromatic N) is 1. The molecular formula is C38H45FN4O6. The maximum absolute atomic E-state index is 14.2. The van der Waals surface area contributed by atoms with Crippen molar-refractivity contribution in [2.45, 2.75) is 56.8 Å². The van der Waals surface area contributed by atoms with Crippen molar-refractivity contribution in [1.29, 1.82) is 0 Å². The number of aliphatic hydroxyl groups excluding tert-OH is 1. The van der Waals surface area contributed by atoms with E-state index in [9.17, 15) is 24.2 Å². The third kappa shape index (κ3) is 8.97. The number of carbonyl (C=O) groups is 1. The lowest BCUT2D eigenvalue weighted by Gasteiger charge is -2.43. The van der Waals surface area contributed by atoms with E-state index in [0.29, 0.717) is 46.8 Å². The van der Waals surface area contributed by atoms with Gasteiger partial charge in [0.15, 0.2) is 0 Å². The highest BCUT2D eigenvalue weighted by molar-refractivity contribution is 5.87. The monoisotopic (exact) mass is 672 g/mol. The van der Waals surface area contributed by atoms with Crippen LogP contribution in [0.4, 0.5) is 9.18 Å². The van der Waals surface area contributed by atoms with Crippen molar-refractivity contribution >= 4 is 17.0 Å². The van der Waals surface area contributed by atoms with E-state index < -0.39 is 18.2 Å². The van der Waals surface area contributed by atoms with E-state index in [2.05, 4.69) is 20.5 Å². The zero-order valence-corrected chi connectivity index (χ0v) is 27.6. The fraction of sp³-hybridized carbons (Fsp3) is 0.421. The first-order chi connectivity index (χ1) is 23.8. The number of ether oxygens (including phenoxy) is 2. The number of rotatable bonds is 15. The van der Waals surface area contributed by atoms with Crippen molar-refractivity contribution in [2.24, 2.45) is 5.92 Å². The van der Waals surface area contributed by atoms with Crippen LogP contribution in [-0.4, -0.2) is 71.6 Å². The van der Waals surface area contributed by atoms with Gasteiger partial charge in [0.25, 0.3) is 0 Å². The molecule has 49 heavy (non-hydrogen) atoms. The van der Waals surface area contributed by atoms with E-state index >= 15 is 0 Å². The number of amides is 1. The van der Waals surface area contributed by atoms with E-state index in [1.54, 1.807) is 24.3 Å². The van der Waals surface area contributed by atoms with Crippen LogP contribution in [0.3, 0.4) is 0 Å². The number of unbranched alkanes of at least 4 members (excludes halogenated alkanes) is 3. The predicted octanol–water partition coefficient (Wildman–Crippen LogP) is 5.55. The number of nitrogens with one attached hydrogen (secondary N) is 3. The van der Waals surface area contributed by atoms with Gasteiger partial charge in [-0.05, 0) is 104 Å². The number of H-pyrrole nitrogens is 1. The van der Waals surface area contributed by atoms with Crippen LogP contribution in [0, 0.1) is 11.7 Å². The van der Waals surface area contributed by atoms with E-state index in [1.165, 1.54) is 24.3 Å². The van der Waals surface area contributed by atoms with Gasteiger partial charge in [0, 0.05) is 24.5 Å². The molecule has 3 aliphatic heterocycles. The standard InChI is InChI=1S/C38H45FN4O6/c39-28-9-5-7-26(21-28)36(42-38(47)49-34-24-43-18-15-25(34)16-19-43)27-8-6-10-29(22-27)48-20-4-2-1-3-17-40-23-33(45)30-11-13-32(44)37-31(30)12-14-35(46)41-37/h5-14,21-22,25,33-34,36,40,44-45H,1-4,15-20,23-24H2,(H,41,46)(H,42,47)/t33-,34?,36?/m0/s1. The minimum absolute atomic E-state index is 0.0324. The molecule has 3 saturated heterocycles. The molecule has 1 aromatic heterocycles. The Bertz CT molecular complexity index is 1770. The molecule has 0 radical (unpaired) electrons. The van der Waals surface area contributed by atoms with Crippen LogP contribution in [0.2, 0.25) is 0 Å². The number of alkyl carbamates (subject to hydrolysis) is 1. The Labute approximate surface area is 285 Å². The number of aromatic nitrogens is 1. The summed E-state index contributed by atoms with van der Waals surface area (Å²) in [5, 5.41) is 27.7. The van der Waals surface area contributed by atoms with Gasteiger partial charge >= 0.3 is 6.09 Å². The number of aliphatic hydroxyl groups is 1. The summed E-state index contributed by atoms with van der Waals surface area (Å²) in [5.74, 6) is 0.651. The highest BCUT2D eigenvalue weighted by atomic mass is 19.1. The third-order valence-corrected chi connectivity index (χ3v) is 9.61. The van der Waals surface area contributed by atoms with Gasteiger partial charge in [-0.1, -0.05) is 43.2 Å². The summed E-state index contributed by atoms with van der Waals surface area (Å²) in [7, 11) is 0. The second-order valence-corrected chi connectivity index (χ2v) is 13.1. The summed E-state index contributed by atoms with van der Waals surface area (Å²) < 4.78 is 26.2. The van der Waals surface area contributed by atoms with Gasteiger partial charge in [-0.15, -0.1) is 0 Å². The van der Waals surface area contributed by atoms with Gasteiger partial charge in [-0.25, -0.2) is 9.18 Å². The largest absolute Gasteiger partial charge is 0.506 e. The molecule has 3 fully saturated rings. The molecule has 7 rings (SSSR count). The molecule has 0 spiro atoms. The van der Waals surface area contributed by atoms with Crippen molar-refractivity contribution in [2.75, 3.05) is 39.3 Å². The lowest BCUT2D eigenvalue weighted by atomic mass is 9.86. The Morgan fingerprint density at radius 3 is 2.53 bits per heavy atom. The number of pyridine rings is 1. The molecule has 0 aliphatic carbocycles. The molecule has 3 aromatic carbocycles. The number of piperidine rings is 3. The Balaban J connectivity index is 0.941. The second kappa shape index (κ2) is 16.3. The maximum Gasteiger partial charge on any atom is 0.408 e. The lowest BCUT2D eigenvalue weighted by molar-refractivity contribution is -0.0336. The highest BCUT2D eigenvalue weighted by Gasteiger charge is 2.37. The number of hydrogen-bond acceptors (Lipinski definition) is 8. The summed E-state index contributed by atoms with van der Waals surface area (Å²) in [5.41, 5.74) is 2.04. The smallest absolute Gasteiger partial charge is 0.408 e. The SMILES string of the molecule is O=C(NC(c1cccc(F)c1)c1cccc(OCCCCCCNC[C@H](O)c2ccc(O)c3[nH]c(=O)ccc23)c1)OC1CN2CCC1CC2. The minimum Gasteiger partial charge on any atom is -0.506 e. The number of phenols is 1. The predicted molar refractivity (Wildman–Crippen MR) is 185 cm³/mol. The highest BCUT2D eigenvalue weighted by Crippen LogP contribution is 2.31. The molecular weight excluding hydrogens is 627 g/mol. The van der Waals surface area contributed by atoms with E-state index in [4.69, 9.17) is 9.47 Å². The zero-order valence-electron chi connectivity index (χ0n) is 27.6. The van der Waals surface area contributed by atoms with Gasteiger partial charge < -0.3 is 35.3 Å². The number of halogens is 1. The average molecular weight is 673 g/mol. The molecule has 4 heterocycles. The Hall–Kier alpha value is -4.45. The van der Waals surface area contributed by atoms with Crippen LogP contribution in [0.15, 0.2) is 77.6 Å². The molecule has 260 valence electrons. The zero-order chi connectivity index (χ0) is 34.2. The number of hydrogen-bond donors (Lipinski definition) is 5. The molecule has 11 heteroatoms. The number of aromatic amines is 1. The minimum atomic E-state index is -0.787. The first kappa shape index (κ1) is 34.4. The Morgan fingerprint density at radius 1 is 0.980 bits per heavy atom. The fourth-order valence-electron chi connectivity index (χ4n) is 6.96. The number of phenolic OH excluding ortho intramolecular Hbond substituents is 1. The van der Waals surface area contributed by atoms with Gasteiger partial charge in [-0.3, -0.25) is 9.69 Å². The molecule has 4 aromatic rings. The second-order valence-electron chi connectivity index (χ2n) is 13.1. The summed E-state index contributed by atoms with van der Waals surface area (Å²) in [6, 6.07) is 19.3. The lowest BCUT2D eigenvalue weighted by Crippen LogP contribution is -2.52. The normalized spacial score (nSPS) is 19.8. The summed E-state index contributed by atoms with van der Waals surface area (Å²) in [6.45, 7) is 4.49. The van der Waals surface area contributed by atoms with Gasteiger partial charge in [-0.2, -0.15) is 0 Å². The number of fused-ring (bicyclic) bond motifs is 4. The summed E-state index contributed by atoms with van der Waals surface area (Å²) in [4.78, 5) is 29.7. The van der Waals surface area contributed by atoms with Crippen LogP contribution in [-0.2, 0) is 4.74 Å². The van der Waals surface area contributed by atoms with E-state index in [-0.39, 0.29) is 23.2 Å². The Kier molecular flexibility index (Phi) is 11.4. The van der Waals surface area contributed by atoms with E-state index in [1.807, 2.05) is 24.3 Å². The van der Waals surface area contributed by atoms with Crippen LogP contribution in [0.5, 0.6) is 11.5 Å². The van der Waals surface area contributed by atoms with Crippen LogP contribution in [0.25, 0.3) is 10.9 Å². The number of benzene rings is 3. The molecule has 2 unspecified atom stereocenters. The van der Waals surface area contributed by atoms with Crippen LogP contribution in [0.1, 0.15) is 67.4 Å². The average Bonchev–Trinajstić information content (AvgIpc) is 3.11. The maximum atomic E-state index is 14.2. The van der Waals surface area contributed by atoms with Crippen LogP contribution >= 0.6 is 0 Å². The Morgan fingerprint density at radius 2 is 1.76 bits per heavy atom. The first-order valence-corrected chi connectivity index (χ1v) is 17.3. The first-order valence-electron chi connectivity index (χ1n) is 17.3. The van der Waals surface area contributed by atoms with Gasteiger partial charge in [0.1, 0.15) is 23.4 Å². The molecule has 0 saturated carbocycles. The third-order valence-electron chi connectivity index (χ3n) is 9.61. The number of carbonyl (C=O) groups excluding carboxylic acids is 1. The van der Waals surface area contributed by atoms with Crippen LogP contribution < -0.4 is 20.9 Å². The molecule has 2 bridgehead atoms. The van der Waals surface area contributed by atoms with Crippen molar-refractivity contribution in [3.05, 3.63) is 106 Å². The molecule has 1 amide bonds. The summed E-state index contributed by atoms with van der Waals surface area (Å²) >= 11 is 0. The molecule has 5 N–H and O–H groups in total. The quantitative estimate of drug-likeness (QED) is 0.104. The molecule has 3 aliphatic rings. The van der Waals surface area contributed by atoms with Crippen molar-refractivity contribution < 1.29 is 28.9 Å². The molecule has 10 nitrogen and oxygen atoms in total. The van der Waals surface area contributed by atoms with E-state index in [0.717, 1.165) is 70.3 Å². The van der Waals surface area contributed by atoms with Gasteiger partial charge in [0.2, 0.25) is 5.56 Å². The van der Waals surface area contributed by atoms with Gasteiger partial charge in [0.05, 0.1) is 24.3 Å². The van der Waals surface area contributed by atoms with Crippen molar-refractivity contribution in [3.8, 4) is 11.5 Å². The van der Waals surface area contributed by atoms with Crippen molar-refractivity contribution in [3.63, 3.8) is 0 Å².